The summed E-state index contributed by atoms with van der Waals surface area (Å²) >= 11 is 5.69. The van der Waals surface area contributed by atoms with Crippen molar-refractivity contribution >= 4 is 35.3 Å². The van der Waals surface area contributed by atoms with Gasteiger partial charge in [-0.25, -0.2) is 4.79 Å². The molecule has 0 aliphatic carbocycles. The van der Waals surface area contributed by atoms with Crippen molar-refractivity contribution in [2.75, 3.05) is 18.9 Å². The number of carbonyl (C=O) groups is 3. The van der Waals surface area contributed by atoms with Gasteiger partial charge in [0.25, 0.3) is 0 Å². The first kappa shape index (κ1) is 24.7. The summed E-state index contributed by atoms with van der Waals surface area (Å²) in [6, 6.07) is 5.17. The van der Waals surface area contributed by atoms with Crippen molar-refractivity contribution in [2.24, 2.45) is 0 Å². The fourth-order valence-corrected chi connectivity index (χ4v) is 2.67. The van der Waals surface area contributed by atoms with Gasteiger partial charge in [0, 0.05) is 12.5 Å². The van der Waals surface area contributed by atoms with Crippen molar-refractivity contribution in [3.63, 3.8) is 0 Å². The second kappa shape index (κ2) is 10.5. The number of aryl methyl sites for hydroxylation is 1. The van der Waals surface area contributed by atoms with Gasteiger partial charge in [-0.15, -0.1) is 0 Å². The summed E-state index contributed by atoms with van der Waals surface area (Å²) in [5.41, 5.74) is 0.153. The van der Waals surface area contributed by atoms with E-state index < -0.39 is 35.4 Å². The number of rotatable bonds is 7. The number of anilines is 1. The number of hydrogen-bond acceptors (Lipinski definition) is 7. The van der Waals surface area contributed by atoms with Gasteiger partial charge in [0.2, 0.25) is 0 Å². The molecule has 1 amide bonds. The normalized spacial score (nSPS) is 13.4. The molecule has 0 spiro atoms. The summed E-state index contributed by atoms with van der Waals surface area (Å²) in [4.78, 5) is 37.5. The van der Waals surface area contributed by atoms with E-state index in [1.165, 1.54) is 18.7 Å². The van der Waals surface area contributed by atoms with Crippen molar-refractivity contribution in [3.05, 3.63) is 29.3 Å². The highest BCUT2D eigenvalue weighted by molar-refractivity contribution is 6.20. The molecule has 0 fully saturated rings. The van der Waals surface area contributed by atoms with E-state index in [0.717, 1.165) is 5.56 Å². The molecule has 0 aliphatic heterocycles. The summed E-state index contributed by atoms with van der Waals surface area (Å²) in [6.07, 6.45) is -1.69. The number of halogens is 1. The lowest BCUT2D eigenvalue weighted by atomic mass is 10.0. The Hall–Kier alpha value is -2.32. The zero-order valence-electron chi connectivity index (χ0n) is 17.9. The fourth-order valence-electron chi connectivity index (χ4n) is 2.59. The standard InChI is InChI=1S/C20H29ClN2O6/c1-12-9-8-10-15(22-19(26)27-13(2)21)17(12)18(28-14(3)24)23(7)11-16(25)29-20(4,5)6/h8-10,13,18H,11H2,1-7H3,(H,22,26). The van der Waals surface area contributed by atoms with Crippen LogP contribution in [0.3, 0.4) is 0 Å². The number of carbonyl (C=O) groups excluding carboxylic acids is 3. The number of amides is 1. The predicted octanol–water partition coefficient (Wildman–Crippen LogP) is 3.96. The average molecular weight is 429 g/mol. The second-order valence-electron chi connectivity index (χ2n) is 7.57. The lowest BCUT2D eigenvalue weighted by Crippen LogP contribution is -2.37. The summed E-state index contributed by atoms with van der Waals surface area (Å²) in [5, 5.41) is 2.60. The van der Waals surface area contributed by atoms with Crippen LogP contribution in [0.25, 0.3) is 0 Å². The van der Waals surface area contributed by atoms with Crippen LogP contribution in [0.1, 0.15) is 52.0 Å². The molecule has 29 heavy (non-hydrogen) atoms. The summed E-state index contributed by atoms with van der Waals surface area (Å²) in [5.74, 6) is -1.02. The SMILES string of the molecule is CC(=O)OC(c1c(C)cccc1NC(=O)OC(C)Cl)N(C)CC(=O)OC(C)(C)C. The van der Waals surface area contributed by atoms with Crippen LogP contribution in [0.15, 0.2) is 18.2 Å². The Morgan fingerprint density at radius 2 is 1.83 bits per heavy atom. The number of hydrogen-bond donors (Lipinski definition) is 1. The predicted molar refractivity (Wildman–Crippen MR) is 110 cm³/mol. The van der Waals surface area contributed by atoms with Gasteiger partial charge in [0.15, 0.2) is 11.8 Å². The maximum atomic E-state index is 12.3. The maximum Gasteiger partial charge on any atom is 0.413 e. The number of esters is 2. The largest absolute Gasteiger partial charge is 0.459 e. The lowest BCUT2D eigenvalue weighted by Gasteiger charge is -2.30. The first-order chi connectivity index (χ1) is 13.3. The Morgan fingerprint density at radius 1 is 1.21 bits per heavy atom. The number of benzene rings is 1. The molecule has 162 valence electrons. The van der Waals surface area contributed by atoms with Gasteiger partial charge < -0.3 is 14.2 Å². The highest BCUT2D eigenvalue weighted by Crippen LogP contribution is 2.31. The quantitative estimate of drug-likeness (QED) is 0.304. The van der Waals surface area contributed by atoms with Gasteiger partial charge in [-0.3, -0.25) is 19.8 Å². The summed E-state index contributed by atoms with van der Waals surface area (Å²) in [6.45, 7) is 9.74. The Labute approximate surface area is 176 Å². The first-order valence-corrected chi connectivity index (χ1v) is 9.54. The van der Waals surface area contributed by atoms with Crippen molar-refractivity contribution in [3.8, 4) is 0 Å². The number of alkyl halides is 1. The van der Waals surface area contributed by atoms with E-state index in [4.69, 9.17) is 25.8 Å². The fraction of sp³-hybridized carbons (Fsp3) is 0.550. The van der Waals surface area contributed by atoms with Gasteiger partial charge in [-0.2, -0.15) is 0 Å². The van der Waals surface area contributed by atoms with Crippen LogP contribution in [0.4, 0.5) is 10.5 Å². The molecule has 0 aliphatic rings. The van der Waals surface area contributed by atoms with Gasteiger partial charge in [-0.1, -0.05) is 23.7 Å². The average Bonchev–Trinajstić information content (AvgIpc) is 2.50. The van der Waals surface area contributed by atoms with E-state index in [-0.39, 0.29) is 6.54 Å². The zero-order chi connectivity index (χ0) is 22.4. The van der Waals surface area contributed by atoms with Crippen LogP contribution in [0, 0.1) is 6.92 Å². The molecule has 8 nitrogen and oxygen atoms in total. The van der Waals surface area contributed by atoms with Crippen molar-refractivity contribution in [2.45, 2.75) is 58.9 Å². The summed E-state index contributed by atoms with van der Waals surface area (Å²) < 4.78 is 15.7. The molecule has 1 N–H and O–H groups in total. The molecule has 0 saturated heterocycles. The van der Waals surface area contributed by atoms with Crippen LogP contribution in [-0.2, 0) is 23.8 Å². The van der Waals surface area contributed by atoms with E-state index >= 15 is 0 Å². The van der Waals surface area contributed by atoms with E-state index in [1.54, 1.807) is 52.9 Å². The first-order valence-electron chi connectivity index (χ1n) is 9.10. The molecule has 2 unspecified atom stereocenters. The number of nitrogens with one attached hydrogen (secondary N) is 1. The Balaban J connectivity index is 3.21. The topological polar surface area (TPSA) is 94.2 Å². The van der Waals surface area contributed by atoms with Crippen molar-refractivity contribution in [1.29, 1.82) is 0 Å². The van der Waals surface area contributed by atoms with E-state index in [9.17, 15) is 14.4 Å². The molecule has 0 radical (unpaired) electrons. The monoisotopic (exact) mass is 428 g/mol. The van der Waals surface area contributed by atoms with Gasteiger partial charge >= 0.3 is 18.0 Å². The van der Waals surface area contributed by atoms with Crippen LogP contribution in [-0.4, -0.2) is 47.7 Å². The van der Waals surface area contributed by atoms with Crippen molar-refractivity contribution < 1.29 is 28.6 Å². The van der Waals surface area contributed by atoms with Gasteiger partial charge in [0.1, 0.15) is 5.60 Å². The molecule has 0 heterocycles. The molecular formula is C20H29ClN2O6. The number of likely N-dealkylation sites (N-methyl/N-ethyl adjacent to an activating group) is 1. The smallest absolute Gasteiger partial charge is 0.413 e. The minimum Gasteiger partial charge on any atom is -0.459 e. The van der Waals surface area contributed by atoms with Crippen LogP contribution in [0.2, 0.25) is 0 Å². The lowest BCUT2D eigenvalue weighted by molar-refractivity contribution is -0.166. The zero-order valence-corrected chi connectivity index (χ0v) is 18.6. The minimum atomic E-state index is -0.940. The molecule has 2 atom stereocenters. The van der Waals surface area contributed by atoms with E-state index in [1.807, 2.05) is 0 Å². The molecule has 9 heteroatoms. The van der Waals surface area contributed by atoms with Crippen molar-refractivity contribution in [1.82, 2.24) is 4.90 Å². The van der Waals surface area contributed by atoms with Gasteiger partial charge in [0.05, 0.1) is 12.2 Å². The van der Waals surface area contributed by atoms with Crippen LogP contribution >= 0.6 is 11.6 Å². The molecule has 1 rings (SSSR count). The molecule has 0 saturated carbocycles. The Morgan fingerprint density at radius 3 is 2.34 bits per heavy atom. The van der Waals surface area contributed by atoms with E-state index in [2.05, 4.69) is 5.32 Å². The third-order valence-corrected chi connectivity index (χ3v) is 3.64. The van der Waals surface area contributed by atoms with Crippen LogP contribution < -0.4 is 5.32 Å². The summed E-state index contributed by atoms with van der Waals surface area (Å²) in [7, 11) is 1.62. The molecule has 1 aromatic rings. The Kier molecular flexibility index (Phi) is 8.91. The Bertz CT molecular complexity index is 745. The highest BCUT2D eigenvalue weighted by atomic mass is 35.5. The van der Waals surface area contributed by atoms with Crippen LogP contribution in [0.5, 0.6) is 0 Å². The molecule has 1 aromatic carbocycles. The maximum absolute atomic E-state index is 12.3. The molecule has 0 bridgehead atoms. The minimum absolute atomic E-state index is 0.133. The number of nitrogens with zero attached hydrogens (tertiary/aromatic N) is 1. The highest BCUT2D eigenvalue weighted by Gasteiger charge is 2.28. The third-order valence-electron chi connectivity index (χ3n) is 3.55. The number of ether oxygens (including phenoxy) is 3. The molecular weight excluding hydrogens is 400 g/mol. The molecule has 0 aromatic heterocycles. The van der Waals surface area contributed by atoms with Gasteiger partial charge in [-0.05, 0) is 53.3 Å². The second-order valence-corrected chi connectivity index (χ2v) is 8.19. The third kappa shape index (κ3) is 8.70. The van der Waals surface area contributed by atoms with E-state index in [0.29, 0.717) is 11.3 Å².